The molecule has 49 heavy (non-hydrogen) atoms. The molecule has 0 radical (unpaired) electrons. The second-order valence-corrected chi connectivity index (χ2v) is 15.4. The van der Waals surface area contributed by atoms with Crippen molar-refractivity contribution in [3.63, 3.8) is 0 Å². The van der Waals surface area contributed by atoms with Crippen LogP contribution in [0, 0.1) is 0 Å². The van der Waals surface area contributed by atoms with Crippen LogP contribution in [0.25, 0.3) is 39.0 Å². The van der Waals surface area contributed by atoms with Gasteiger partial charge in [-0.2, -0.15) is 0 Å². The summed E-state index contributed by atoms with van der Waals surface area (Å²) in [5.74, 6) is 0. The SMILES string of the molecule is CC(C)(C)c1cc2c3c(c1)-n1c(-c4ccccc4)c(-c4ccccc4)c4cccc(c41)B3c1cccc3c1N2C(C)(C)N3c1ccccc1. The third-order valence-electron chi connectivity index (χ3n) is 11.1. The van der Waals surface area contributed by atoms with Crippen LogP contribution in [0.15, 0.2) is 140 Å². The van der Waals surface area contributed by atoms with Crippen molar-refractivity contribution in [2.24, 2.45) is 0 Å². The van der Waals surface area contributed by atoms with E-state index in [1.54, 1.807) is 0 Å². The lowest BCUT2D eigenvalue weighted by atomic mass is 9.33. The third-order valence-corrected chi connectivity index (χ3v) is 11.1. The predicted octanol–water partition coefficient (Wildman–Crippen LogP) is 9.43. The monoisotopic (exact) mass is 631 g/mol. The standard InChI is InChI=1S/C45H38BN3/c1-44(2,3)31-27-37-40-38(28-31)49-43-35(25-16-26-36(43)48(45(49,4)5)32-21-13-8-14-22-32)46(40)34-24-15-23-33-39(29-17-9-6-10-18-29)41(47(37)42(33)34)30-19-11-7-12-20-30/h6-28H,1-5H3. The molecule has 4 heteroatoms. The number of aromatic nitrogens is 1. The second kappa shape index (κ2) is 9.79. The van der Waals surface area contributed by atoms with Crippen molar-refractivity contribution >= 4 is 56.8 Å². The number of para-hydroxylation sites is 3. The highest BCUT2D eigenvalue weighted by molar-refractivity contribution is 7.00. The van der Waals surface area contributed by atoms with E-state index in [2.05, 4.69) is 189 Å². The van der Waals surface area contributed by atoms with Crippen LogP contribution in [0.2, 0.25) is 0 Å². The molecule has 0 aliphatic carbocycles. The number of hydrogen-bond acceptors (Lipinski definition) is 2. The van der Waals surface area contributed by atoms with Gasteiger partial charge in [0, 0.05) is 33.5 Å². The molecule has 0 spiro atoms. The third kappa shape index (κ3) is 3.75. The molecular formula is C45H38BN3. The first-order valence-electron chi connectivity index (χ1n) is 17.5. The first kappa shape index (κ1) is 28.5. The summed E-state index contributed by atoms with van der Waals surface area (Å²) in [6, 6.07) is 51.9. The second-order valence-electron chi connectivity index (χ2n) is 15.4. The summed E-state index contributed by atoms with van der Waals surface area (Å²) in [4.78, 5) is 5.20. The zero-order valence-electron chi connectivity index (χ0n) is 28.7. The molecular weight excluding hydrogens is 593 g/mol. The molecule has 0 saturated heterocycles. The van der Waals surface area contributed by atoms with Crippen LogP contribution in [-0.2, 0) is 5.41 Å². The molecule has 3 aliphatic rings. The molecule has 0 saturated carbocycles. The summed E-state index contributed by atoms with van der Waals surface area (Å²) < 4.78 is 2.62. The Morgan fingerprint density at radius 1 is 0.571 bits per heavy atom. The molecule has 3 aliphatic heterocycles. The van der Waals surface area contributed by atoms with Gasteiger partial charge in [0.15, 0.2) is 0 Å². The molecule has 0 bridgehead atoms. The topological polar surface area (TPSA) is 11.4 Å². The minimum absolute atomic E-state index is 0.0534. The van der Waals surface area contributed by atoms with Gasteiger partial charge in [0.1, 0.15) is 5.66 Å². The maximum Gasteiger partial charge on any atom is 0.252 e. The summed E-state index contributed by atoms with van der Waals surface area (Å²) in [7, 11) is 0. The minimum Gasteiger partial charge on any atom is -0.317 e. The van der Waals surface area contributed by atoms with Gasteiger partial charge in [-0.25, -0.2) is 0 Å². The molecule has 4 heterocycles. The zero-order chi connectivity index (χ0) is 33.2. The van der Waals surface area contributed by atoms with E-state index in [1.807, 2.05) is 0 Å². The minimum atomic E-state index is -0.352. The van der Waals surface area contributed by atoms with Crippen molar-refractivity contribution < 1.29 is 0 Å². The number of fused-ring (bicyclic) bond motifs is 4. The molecule has 0 N–H and O–H groups in total. The van der Waals surface area contributed by atoms with E-state index < -0.39 is 0 Å². The van der Waals surface area contributed by atoms with E-state index in [9.17, 15) is 0 Å². The van der Waals surface area contributed by atoms with Gasteiger partial charge in [-0.15, -0.1) is 0 Å². The van der Waals surface area contributed by atoms with E-state index in [0.29, 0.717) is 0 Å². The highest BCUT2D eigenvalue weighted by atomic mass is 15.5. The lowest BCUT2D eigenvalue weighted by molar-refractivity contribution is 0.539. The van der Waals surface area contributed by atoms with Gasteiger partial charge in [0.25, 0.3) is 6.71 Å². The van der Waals surface area contributed by atoms with Crippen LogP contribution in [0.1, 0.15) is 40.2 Å². The number of anilines is 4. The molecule has 0 fully saturated rings. The maximum absolute atomic E-state index is 2.66. The Morgan fingerprint density at radius 3 is 1.88 bits per heavy atom. The fourth-order valence-corrected chi connectivity index (χ4v) is 9.13. The van der Waals surface area contributed by atoms with E-state index >= 15 is 0 Å². The Morgan fingerprint density at radius 2 is 1.18 bits per heavy atom. The largest absolute Gasteiger partial charge is 0.317 e. The Bertz CT molecular complexity index is 2450. The highest BCUT2D eigenvalue weighted by Gasteiger charge is 2.52. The molecule has 6 aromatic carbocycles. The Kier molecular flexibility index (Phi) is 5.70. The first-order valence-corrected chi connectivity index (χ1v) is 17.5. The van der Waals surface area contributed by atoms with Crippen molar-refractivity contribution in [2.45, 2.75) is 45.7 Å². The highest BCUT2D eigenvalue weighted by Crippen LogP contribution is 2.54. The van der Waals surface area contributed by atoms with Crippen molar-refractivity contribution in [1.82, 2.24) is 4.57 Å². The maximum atomic E-state index is 2.66. The molecule has 0 amide bonds. The Labute approximate surface area is 289 Å². The van der Waals surface area contributed by atoms with Crippen molar-refractivity contribution in [1.29, 1.82) is 0 Å². The van der Waals surface area contributed by atoms with Crippen LogP contribution >= 0.6 is 0 Å². The van der Waals surface area contributed by atoms with Crippen LogP contribution in [0.5, 0.6) is 0 Å². The van der Waals surface area contributed by atoms with Gasteiger partial charge in [-0.1, -0.05) is 130 Å². The average Bonchev–Trinajstić information content (AvgIpc) is 3.59. The van der Waals surface area contributed by atoms with Gasteiger partial charge >= 0.3 is 0 Å². The molecule has 0 atom stereocenters. The lowest BCUT2D eigenvalue weighted by Gasteiger charge is -2.46. The van der Waals surface area contributed by atoms with Gasteiger partial charge < -0.3 is 14.4 Å². The van der Waals surface area contributed by atoms with Crippen molar-refractivity contribution in [3.8, 4) is 28.1 Å². The van der Waals surface area contributed by atoms with Gasteiger partial charge in [-0.3, -0.25) is 0 Å². The summed E-state index contributed by atoms with van der Waals surface area (Å²) in [5.41, 5.74) is 17.8. The summed E-state index contributed by atoms with van der Waals surface area (Å²) in [6.45, 7) is 11.9. The fraction of sp³-hybridized carbons (Fsp3) is 0.156. The number of benzene rings is 6. The zero-order valence-corrected chi connectivity index (χ0v) is 28.7. The van der Waals surface area contributed by atoms with Crippen LogP contribution < -0.4 is 26.2 Å². The molecule has 236 valence electrons. The fourth-order valence-electron chi connectivity index (χ4n) is 9.13. The van der Waals surface area contributed by atoms with E-state index in [4.69, 9.17) is 0 Å². The Balaban J connectivity index is 1.39. The van der Waals surface area contributed by atoms with Crippen LogP contribution in [-0.4, -0.2) is 16.9 Å². The summed E-state index contributed by atoms with van der Waals surface area (Å²) in [6.07, 6.45) is 0. The number of nitrogens with zero attached hydrogens (tertiary/aromatic N) is 3. The van der Waals surface area contributed by atoms with Gasteiger partial charge in [0.05, 0.1) is 17.1 Å². The van der Waals surface area contributed by atoms with E-state index in [-0.39, 0.29) is 17.8 Å². The normalized spacial score (nSPS) is 15.1. The van der Waals surface area contributed by atoms with E-state index in [1.165, 1.54) is 83.7 Å². The quantitative estimate of drug-likeness (QED) is 0.180. The molecule has 3 nitrogen and oxygen atoms in total. The van der Waals surface area contributed by atoms with Crippen LogP contribution in [0.4, 0.5) is 22.7 Å². The van der Waals surface area contributed by atoms with Crippen molar-refractivity contribution in [3.05, 3.63) is 145 Å². The van der Waals surface area contributed by atoms with E-state index in [0.717, 1.165) is 0 Å². The molecule has 0 unspecified atom stereocenters. The lowest BCUT2D eigenvalue weighted by Crippen LogP contribution is -2.63. The molecule has 1 aromatic heterocycles. The summed E-state index contributed by atoms with van der Waals surface area (Å²) in [5, 5.41) is 1.30. The van der Waals surface area contributed by atoms with Gasteiger partial charge in [-0.05, 0) is 82.7 Å². The number of rotatable bonds is 3. The van der Waals surface area contributed by atoms with Crippen molar-refractivity contribution in [2.75, 3.05) is 9.80 Å². The smallest absolute Gasteiger partial charge is 0.252 e. The Hall–Kier alpha value is -5.48. The average molecular weight is 632 g/mol. The predicted molar refractivity (Wildman–Crippen MR) is 209 cm³/mol. The van der Waals surface area contributed by atoms with Crippen LogP contribution in [0.3, 0.4) is 0 Å². The summed E-state index contributed by atoms with van der Waals surface area (Å²) >= 11 is 0. The number of hydrogen-bond donors (Lipinski definition) is 0. The molecule has 7 aromatic rings. The molecule has 10 rings (SSSR count). The van der Waals surface area contributed by atoms with Gasteiger partial charge in [0.2, 0.25) is 0 Å². The first-order chi connectivity index (χ1) is 23.7.